The Labute approximate surface area is 352 Å². The lowest BCUT2D eigenvalue weighted by Gasteiger charge is -2.52. The Balaban J connectivity index is 0.736. The number of rotatable bonds is 5. The maximum Gasteiger partial charge on any atom is 0.0625 e. The van der Waals surface area contributed by atoms with Gasteiger partial charge in [-0.2, -0.15) is 23.5 Å². The normalized spacial score (nSPS) is 55.6. The van der Waals surface area contributed by atoms with E-state index in [0.717, 1.165) is 110 Å². The molecular formula is C52H83NOS2. The molecule has 0 amide bonds. The zero-order chi connectivity index (χ0) is 36.7. The summed E-state index contributed by atoms with van der Waals surface area (Å²) in [6, 6.07) is 2.55. The van der Waals surface area contributed by atoms with Crippen molar-refractivity contribution >= 4 is 23.5 Å². The summed E-state index contributed by atoms with van der Waals surface area (Å²) in [7, 11) is 0. The van der Waals surface area contributed by atoms with Gasteiger partial charge in [-0.05, 0) is 206 Å². The maximum atomic E-state index is 7.07. The number of ether oxygens (including phenoxy) is 1. The summed E-state index contributed by atoms with van der Waals surface area (Å²) in [5, 5.41) is 4.15. The standard InChI is InChI=1S/C52H83NOS2/c1-2-11-38-32(9-1)10-7-14-39(38)33-19-23-35(24-20-33)53(37-27-28-42-41-12-3-5-17-46(41)54-47(42)31-37)36-25-21-34(22-26-36)40-15-8-16-43-44-29-30-49-50(52(44)56-51(40)43)45-13-4-6-18-48(45)55-49/h32-52H,1-31H2. The van der Waals surface area contributed by atoms with Crippen molar-refractivity contribution in [2.24, 2.45) is 71.0 Å². The van der Waals surface area contributed by atoms with E-state index in [1.807, 2.05) is 0 Å². The van der Waals surface area contributed by atoms with Gasteiger partial charge in [-0.25, -0.2) is 0 Å². The van der Waals surface area contributed by atoms with Crippen LogP contribution in [0.4, 0.5) is 0 Å². The topological polar surface area (TPSA) is 12.5 Å². The average molecular weight is 802 g/mol. The van der Waals surface area contributed by atoms with Crippen molar-refractivity contribution in [3.05, 3.63) is 0 Å². The number of thioether (sulfide) groups is 2. The highest BCUT2D eigenvalue weighted by atomic mass is 32.2. The molecule has 9 saturated carbocycles. The lowest BCUT2D eigenvalue weighted by atomic mass is 9.59. The van der Waals surface area contributed by atoms with E-state index >= 15 is 0 Å². The Kier molecular flexibility index (Phi) is 11.2. The van der Waals surface area contributed by atoms with Gasteiger partial charge in [0.15, 0.2) is 0 Å². The summed E-state index contributed by atoms with van der Waals surface area (Å²) in [6.45, 7) is 0. The minimum Gasteiger partial charge on any atom is -0.374 e. The second-order valence-corrected chi connectivity index (χ2v) is 26.3. The highest BCUT2D eigenvalue weighted by Gasteiger charge is 2.60. The number of hydrogen-bond acceptors (Lipinski definition) is 4. The molecule has 17 unspecified atom stereocenters. The van der Waals surface area contributed by atoms with Crippen molar-refractivity contribution in [1.29, 1.82) is 0 Å². The van der Waals surface area contributed by atoms with Crippen molar-refractivity contribution in [3.8, 4) is 0 Å². The summed E-state index contributed by atoms with van der Waals surface area (Å²) in [6.07, 6.45) is 48.8. The van der Waals surface area contributed by atoms with E-state index in [1.54, 1.807) is 116 Å². The van der Waals surface area contributed by atoms with Crippen LogP contribution in [-0.4, -0.2) is 56.2 Å². The van der Waals surface area contributed by atoms with E-state index in [1.165, 1.54) is 83.5 Å². The predicted octanol–water partition coefficient (Wildman–Crippen LogP) is 13.7. The minimum absolute atomic E-state index is 0.589. The van der Waals surface area contributed by atoms with Crippen LogP contribution in [0, 0.1) is 71.0 Å². The van der Waals surface area contributed by atoms with Gasteiger partial charge in [0.25, 0.3) is 0 Å². The van der Waals surface area contributed by atoms with Crippen molar-refractivity contribution in [2.45, 2.75) is 250 Å². The Bertz CT molecular complexity index is 1340. The molecule has 3 aliphatic heterocycles. The molecule has 3 heterocycles. The molecule has 56 heavy (non-hydrogen) atoms. The summed E-state index contributed by atoms with van der Waals surface area (Å²) in [5.41, 5.74) is 0. The van der Waals surface area contributed by atoms with Gasteiger partial charge in [-0.3, -0.25) is 4.90 Å². The highest BCUT2D eigenvalue weighted by molar-refractivity contribution is 8.02. The molecule has 0 spiro atoms. The number of hydrogen-bond donors (Lipinski definition) is 0. The Hall–Kier alpha value is 0.620. The van der Waals surface area contributed by atoms with Gasteiger partial charge in [-0.1, -0.05) is 64.2 Å². The first kappa shape index (κ1) is 38.3. The van der Waals surface area contributed by atoms with Gasteiger partial charge in [0.2, 0.25) is 0 Å². The third-order valence-corrected chi connectivity index (χ3v) is 25.3. The third kappa shape index (κ3) is 6.83. The van der Waals surface area contributed by atoms with Gasteiger partial charge in [0, 0.05) is 39.1 Å². The van der Waals surface area contributed by atoms with E-state index in [0.29, 0.717) is 12.2 Å². The molecule has 0 aromatic carbocycles. The molecule has 0 aromatic heterocycles. The fourth-order valence-electron chi connectivity index (χ4n) is 19.3. The second-order valence-electron chi connectivity index (χ2n) is 23.5. The van der Waals surface area contributed by atoms with Crippen LogP contribution in [0.5, 0.6) is 0 Å². The molecule has 4 heteroatoms. The Morgan fingerprint density at radius 2 is 0.857 bits per heavy atom. The van der Waals surface area contributed by atoms with Crippen LogP contribution in [0.3, 0.4) is 0 Å². The van der Waals surface area contributed by atoms with Crippen molar-refractivity contribution in [1.82, 2.24) is 4.90 Å². The molecule has 12 aliphatic rings. The van der Waals surface area contributed by atoms with Gasteiger partial charge >= 0.3 is 0 Å². The predicted molar refractivity (Wildman–Crippen MR) is 237 cm³/mol. The summed E-state index contributed by atoms with van der Waals surface area (Å²) in [5.74, 6) is 12.6. The lowest BCUT2D eigenvalue weighted by molar-refractivity contribution is -0.0506. The molecular weight excluding hydrogens is 719 g/mol. The first-order valence-electron chi connectivity index (χ1n) is 26.5. The van der Waals surface area contributed by atoms with E-state index in [9.17, 15) is 0 Å². The Morgan fingerprint density at radius 1 is 0.321 bits per heavy atom. The lowest BCUT2D eigenvalue weighted by Crippen LogP contribution is -2.55. The van der Waals surface area contributed by atoms with Crippen LogP contribution in [-0.2, 0) is 4.74 Å². The zero-order valence-corrected chi connectivity index (χ0v) is 37.3. The van der Waals surface area contributed by atoms with Crippen LogP contribution < -0.4 is 0 Å². The van der Waals surface area contributed by atoms with Gasteiger partial charge in [-0.15, -0.1) is 0 Å². The van der Waals surface area contributed by atoms with Crippen LogP contribution in [0.15, 0.2) is 0 Å². The van der Waals surface area contributed by atoms with Crippen molar-refractivity contribution in [3.63, 3.8) is 0 Å². The largest absolute Gasteiger partial charge is 0.374 e. The smallest absolute Gasteiger partial charge is 0.0625 e. The van der Waals surface area contributed by atoms with Crippen LogP contribution in [0.25, 0.3) is 0 Å². The molecule has 9 aliphatic carbocycles. The molecule has 3 saturated heterocycles. The molecule has 314 valence electrons. The van der Waals surface area contributed by atoms with Crippen LogP contribution in [0.2, 0.25) is 0 Å². The van der Waals surface area contributed by atoms with Crippen molar-refractivity contribution < 1.29 is 4.74 Å². The number of fused-ring (bicyclic) bond motifs is 11. The minimum atomic E-state index is 0.589. The van der Waals surface area contributed by atoms with Gasteiger partial charge in [0.05, 0.1) is 12.2 Å². The average Bonchev–Trinajstić information content (AvgIpc) is 3.95. The molecule has 12 rings (SSSR count). The summed E-state index contributed by atoms with van der Waals surface area (Å²) in [4.78, 5) is 3.35. The molecule has 0 aromatic rings. The van der Waals surface area contributed by atoms with Gasteiger partial charge in [0.1, 0.15) is 0 Å². The molecule has 17 atom stereocenters. The fourth-order valence-corrected chi connectivity index (χ4v) is 24.0. The van der Waals surface area contributed by atoms with Gasteiger partial charge < -0.3 is 4.74 Å². The number of nitrogens with zero attached hydrogens (tertiary/aromatic N) is 1. The molecule has 0 N–H and O–H groups in total. The van der Waals surface area contributed by atoms with E-state index in [2.05, 4.69) is 28.4 Å². The van der Waals surface area contributed by atoms with Crippen LogP contribution >= 0.6 is 23.5 Å². The van der Waals surface area contributed by atoms with E-state index in [4.69, 9.17) is 4.74 Å². The Morgan fingerprint density at radius 3 is 1.68 bits per heavy atom. The van der Waals surface area contributed by atoms with E-state index < -0.39 is 0 Å². The molecule has 12 fully saturated rings. The zero-order valence-electron chi connectivity index (χ0n) is 35.7. The highest BCUT2D eigenvalue weighted by Crippen LogP contribution is 2.66. The summed E-state index contributed by atoms with van der Waals surface area (Å²) >= 11 is 5.17. The SMILES string of the molecule is C1CCC2C(C1)CCCC2C1CCC(N(C2CCC(C3CCCC4C5CCC6SC7CCCCC7C6C5SC34)CC2)C2CCC3C(C2)OC2CCCCC23)CC1. The maximum absolute atomic E-state index is 7.07. The van der Waals surface area contributed by atoms with Crippen molar-refractivity contribution in [2.75, 3.05) is 0 Å². The molecule has 2 nitrogen and oxygen atoms in total. The second kappa shape index (κ2) is 16.4. The molecule has 0 bridgehead atoms. The molecule has 0 radical (unpaired) electrons. The first-order valence-corrected chi connectivity index (χ1v) is 28.4. The monoisotopic (exact) mass is 802 g/mol. The first-order chi connectivity index (χ1) is 27.7. The van der Waals surface area contributed by atoms with E-state index in [-0.39, 0.29) is 0 Å². The quantitative estimate of drug-likeness (QED) is 0.274. The third-order valence-electron chi connectivity index (χ3n) is 21.5. The summed E-state index contributed by atoms with van der Waals surface area (Å²) < 4.78 is 7.07. The van der Waals surface area contributed by atoms with Crippen LogP contribution in [0.1, 0.15) is 199 Å². The fraction of sp³-hybridized carbons (Fsp3) is 1.00.